The lowest BCUT2D eigenvalue weighted by Gasteiger charge is -2.49. The quantitative estimate of drug-likeness (QED) is 0.662. The predicted octanol–water partition coefficient (Wildman–Crippen LogP) is 2.85. The van der Waals surface area contributed by atoms with E-state index in [4.69, 9.17) is 0 Å². The Morgan fingerprint density at radius 2 is 1.72 bits per heavy atom. The van der Waals surface area contributed by atoms with Gasteiger partial charge in [0.2, 0.25) is 5.91 Å². The molecule has 0 aromatic rings. The van der Waals surface area contributed by atoms with E-state index in [0.29, 0.717) is 18.4 Å². The molecule has 1 amide bonds. The van der Waals surface area contributed by atoms with Crippen LogP contribution in [-0.2, 0) is 4.79 Å². The molecule has 3 heteroatoms. The average molecular weight is 252 g/mol. The van der Waals surface area contributed by atoms with Gasteiger partial charge in [0, 0.05) is 23.5 Å². The molecular formula is C15H28N2O. The SMILES string of the molecule is CC1(C)CC(C)(C)N2CN(C(C)(C)C)C(=O)CC21. The zero-order valence-corrected chi connectivity index (χ0v) is 13.0. The van der Waals surface area contributed by atoms with Crippen LogP contribution in [0.3, 0.4) is 0 Å². The summed E-state index contributed by atoms with van der Waals surface area (Å²) in [6, 6.07) is 0.401. The zero-order chi connectivity index (χ0) is 13.9. The number of carbonyl (C=O) groups excluding carboxylic acids is 1. The first-order valence-electron chi connectivity index (χ1n) is 7.02. The van der Waals surface area contributed by atoms with Gasteiger partial charge in [0.15, 0.2) is 0 Å². The third-order valence-corrected chi connectivity index (χ3v) is 4.72. The van der Waals surface area contributed by atoms with E-state index in [1.165, 1.54) is 0 Å². The molecule has 1 unspecified atom stereocenters. The molecule has 0 spiro atoms. The Labute approximate surface area is 112 Å². The van der Waals surface area contributed by atoms with Gasteiger partial charge in [-0.15, -0.1) is 0 Å². The largest absolute Gasteiger partial charge is 0.325 e. The highest BCUT2D eigenvalue weighted by Gasteiger charge is 2.54. The van der Waals surface area contributed by atoms with Crippen LogP contribution in [0.25, 0.3) is 0 Å². The van der Waals surface area contributed by atoms with Crippen LogP contribution in [0.15, 0.2) is 0 Å². The Hall–Kier alpha value is -0.570. The summed E-state index contributed by atoms with van der Waals surface area (Å²) in [7, 11) is 0. The van der Waals surface area contributed by atoms with Gasteiger partial charge in [0.05, 0.1) is 6.67 Å². The van der Waals surface area contributed by atoms with E-state index in [1.807, 2.05) is 4.90 Å². The summed E-state index contributed by atoms with van der Waals surface area (Å²) in [6.45, 7) is 16.4. The van der Waals surface area contributed by atoms with Gasteiger partial charge in [-0.1, -0.05) is 13.8 Å². The van der Waals surface area contributed by atoms with Crippen molar-refractivity contribution in [3.8, 4) is 0 Å². The van der Waals surface area contributed by atoms with Crippen molar-refractivity contribution in [1.29, 1.82) is 0 Å². The summed E-state index contributed by atoms with van der Waals surface area (Å²) >= 11 is 0. The molecule has 2 aliphatic rings. The molecule has 0 aromatic heterocycles. The van der Waals surface area contributed by atoms with Gasteiger partial charge in [0.25, 0.3) is 0 Å². The standard InChI is InChI=1S/C15H28N2O/c1-13(2,3)17-10-16-11(8-12(17)18)14(4,5)9-15(16,6)7/h11H,8-10H2,1-7H3. The van der Waals surface area contributed by atoms with Gasteiger partial charge >= 0.3 is 0 Å². The first-order chi connectivity index (χ1) is 7.95. The highest BCUT2D eigenvalue weighted by atomic mass is 16.2. The fourth-order valence-electron chi connectivity index (χ4n) is 3.95. The van der Waals surface area contributed by atoms with Crippen molar-refractivity contribution in [2.75, 3.05) is 6.67 Å². The number of nitrogens with zero attached hydrogens (tertiary/aromatic N) is 2. The second-order valence-corrected chi connectivity index (χ2v) is 8.30. The molecule has 2 saturated heterocycles. The summed E-state index contributed by atoms with van der Waals surface area (Å²) in [6.07, 6.45) is 1.84. The Morgan fingerprint density at radius 3 is 2.22 bits per heavy atom. The smallest absolute Gasteiger partial charge is 0.225 e. The molecule has 2 fully saturated rings. The molecular weight excluding hydrogens is 224 g/mol. The molecule has 0 saturated carbocycles. The Kier molecular flexibility index (Phi) is 2.86. The maximum absolute atomic E-state index is 12.4. The zero-order valence-electron chi connectivity index (χ0n) is 13.0. The summed E-state index contributed by atoms with van der Waals surface area (Å²) in [5.74, 6) is 0.314. The van der Waals surface area contributed by atoms with Gasteiger partial charge in [-0.05, 0) is 46.5 Å². The van der Waals surface area contributed by atoms with Crippen molar-refractivity contribution in [1.82, 2.24) is 9.80 Å². The van der Waals surface area contributed by atoms with Gasteiger partial charge in [-0.25, -0.2) is 0 Å². The molecule has 1 atom stereocenters. The minimum absolute atomic E-state index is 0.0785. The van der Waals surface area contributed by atoms with Crippen molar-refractivity contribution in [3.63, 3.8) is 0 Å². The normalized spacial score (nSPS) is 31.6. The molecule has 0 aliphatic carbocycles. The van der Waals surface area contributed by atoms with Crippen LogP contribution in [0.1, 0.15) is 61.3 Å². The van der Waals surface area contributed by atoms with Crippen LogP contribution in [-0.4, -0.2) is 39.5 Å². The van der Waals surface area contributed by atoms with E-state index >= 15 is 0 Å². The van der Waals surface area contributed by atoms with Gasteiger partial charge in [0.1, 0.15) is 0 Å². The molecule has 2 aliphatic heterocycles. The highest BCUT2D eigenvalue weighted by Crippen LogP contribution is 2.49. The Balaban J connectivity index is 2.31. The number of rotatable bonds is 0. The van der Waals surface area contributed by atoms with Crippen molar-refractivity contribution >= 4 is 5.91 Å². The van der Waals surface area contributed by atoms with Crippen molar-refractivity contribution in [2.24, 2.45) is 5.41 Å². The molecule has 0 bridgehead atoms. The van der Waals surface area contributed by atoms with Crippen LogP contribution >= 0.6 is 0 Å². The third kappa shape index (κ3) is 2.07. The maximum atomic E-state index is 12.4. The highest BCUT2D eigenvalue weighted by molar-refractivity contribution is 5.78. The second kappa shape index (κ2) is 3.72. The maximum Gasteiger partial charge on any atom is 0.225 e. The van der Waals surface area contributed by atoms with Crippen molar-refractivity contribution < 1.29 is 4.79 Å². The lowest BCUT2D eigenvalue weighted by atomic mass is 9.79. The van der Waals surface area contributed by atoms with Crippen molar-refractivity contribution in [3.05, 3.63) is 0 Å². The first kappa shape index (κ1) is 13.9. The van der Waals surface area contributed by atoms with Gasteiger partial charge < -0.3 is 4.90 Å². The molecule has 18 heavy (non-hydrogen) atoms. The van der Waals surface area contributed by atoms with Gasteiger partial charge in [-0.3, -0.25) is 9.69 Å². The molecule has 2 heterocycles. The summed E-state index contributed by atoms with van der Waals surface area (Å²) in [5, 5.41) is 0. The molecule has 3 nitrogen and oxygen atoms in total. The molecule has 2 rings (SSSR count). The lowest BCUT2D eigenvalue weighted by Crippen LogP contribution is -2.61. The van der Waals surface area contributed by atoms with Crippen LogP contribution in [0.4, 0.5) is 0 Å². The lowest BCUT2D eigenvalue weighted by molar-refractivity contribution is -0.151. The number of amides is 1. The van der Waals surface area contributed by atoms with Crippen LogP contribution in [0, 0.1) is 5.41 Å². The predicted molar refractivity (Wildman–Crippen MR) is 74.2 cm³/mol. The van der Waals surface area contributed by atoms with E-state index in [1.54, 1.807) is 0 Å². The summed E-state index contributed by atoms with van der Waals surface area (Å²) < 4.78 is 0. The van der Waals surface area contributed by atoms with E-state index in [-0.39, 0.29) is 16.5 Å². The Morgan fingerprint density at radius 1 is 1.17 bits per heavy atom. The van der Waals surface area contributed by atoms with Crippen molar-refractivity contribution in [2.45, 2.75) is 78.4 Å². The second-order valence-electron chi connectivity index (χ2n) is 8.30. The number of hydrogen-bond acceptors (Lipinski definition) is 2. The van der Waals surface area contributed by atoms with Crippen LogP contribution < -0.4 is 0 Å². The average Bonchev–Trinajstić information content (AvgIpc) is 2.29. The topological polar surface area (TPSA) is 23.6 Å². The van der Waals surface area contributed by atoms with Crippen LogP contribution in [0.5, 0.6) is 0 Å². The van der Waals surface area contributed by atoms with E-state index in [0.717, 1.165) is 13.1 Å². The minimum Gasteiger partial charge on any atom is -0.325 e. The third-order valence-electron chi connectivity index (χ3n) is 4.72. The number of hydrogen-bond donors (Lipinski definition) is 0. The number of fused-ring (bicyclic) bond motifs is 1. The molecule has 0 N–H and O–H groups in total. The number of carbonyl (C=O) groups is 1. The molecule has 104 valence electrons. The van der Waals surface area contributed by atoms with Crippen LogP contribution in [0.2, 0.25) is 0 Å². The monoisotopic (exact) mass is 252 g/mol. The van der Waals surface area contributed by atoms with E-state index in [2.05, 4.69) is 53.4 Å². The molecule has 0 aromatic carbocycles. The molecule has 0 radical (unpaired) electrons. The first-order valence-corrected chi connectivity index (χ1v) is 7.02. The van der Waals surface area contributed by atoms with Gasteiger partial charge in [-0.2, -0.15) is 0 Å². The summed E-state index contributed by atoms with van der Waals surface area (Å²) in [5.41, 5.74) is 0.354. The minimum atomic E-state index is -0.0785. The Bertz CT molecular complexity index is 365. The van der Waals surface area contributed by atoms with E-state index < -0.39 is 0 Å². The summed E-state index contributed by atoms with van der Waals surface area (Å²) in [4.78, 5) is 17.0. The fraction of sp³-hybridized carbons (Fsp3) is 0.933. The fourth-order valence-corrected chi connectivity index (χ4v) is 3.95. The van der Waals surface area contributed by atoms with E-state index in [9.17, 15) is 4.79 Å².